The van der Waals surface area contributed by atoms with Crippen molar-refractivity contribution in [3.05, 3.63) is 36.2 Å². The average molecular weight is 533 g/mol. The Morgan fingerprint density at radius 3 is 2.31 bits per heavy atom. The first-order valence-corrected chi connectivity index (χ1v) is 14.5. The fourth-order valence-electron chi connectivity index (χ4n) is 6.31. The number of ether oxygens (including phenoxy) is 1. The molecule has 6 rings (SSSR count). The number of piperidine rings is 1. The highest BCUT2D eigenvalue weighted by molar-refractivity contribution is 5.94. The molecular weight excluding hydrogens is 492 g/mol. The van der Waals surface area contributed by atoms with Crippen molar-refractivity contribution in [1.82, 2.24) is 24.4 Å². The minimum atomic E-state index is 0.0644. The zero-order chi connectivity index (χ0) is 26.8. The number of rotatable bonds is 7. The van der Waals surface area contributed by atoms with Gasteiger partial charge < -0.3 is 30.6 Å². The first-order chi connectivity index (χ1) is 19.1. The summed E-state index contributed by atoms with van der Waals surface area (Å²) in [6, 6.07) is 8.63. The van der Waals surface area contributed by atoms with Crippen molar-refractivity contribution in [2.24, 2.45) is 5.73 Å². The number of nitrogens with one attached hydrogen (secondary N) is 2. The average Bonchev–Trinajstić information content (AvgIpc) is 3.65. The van der Waals surface area contributed by atoms with Crippen LogP contribution in [0.1, 0.15) is 80.6 Å². The van der Waals surface area contributed by atoms with Crippen LogP contribution in [0, 0.1) is 0 Å². The van der Waals surface area contributed by atoms with E-state index in [9.17, 15) is 4.79 Å². The van der Waals surface area contributed by atoms with Gasteiger partial charge in [0.25, 0.3) is 5.91 Å². The summed E-state index contributed by atoms with van der Waals surface area (Å²) < 4.78 is 7.48. The molecule has 1 saturated heterocycles. The van der Waals surface area contributed by atoms with E-state index >= 15 is 0 Å². The van der Waals surface area contributed by atoms with Crippen LogP contribution in [-0.2, 0) is 0 Å². The van der Waals surface area contributed by atoms with E-state index in [1.165, 1.54) is 25.7 Å². The number of methoxy groups -OCH3 is 1. The van der Waals surface area contributed by atoms with Crippen molar-refractivity contribution in [3.8, 4) is 5.75 Å². The number of benzene rings is 1. The molecule has 3 aliphatic rings. The van der Waals surface area contributed by atoms with Gasteiger partial charge in [-0.25, -0.2) is 4.98 Å². The zero-order valence-electron chi connectivity index (χ0n) is 22.8. The molecule has 0 atom stereocenters. The maximum atomic E-state index is 13.0. The second-order valence-electron chi connectivity index (χ2n) is 11.4. The van der Waals surface area contributed by atoms with Crippen LogP contribution in [0.4, 0.5) is 11.8 Å². The first kappa shape index (κ1) is 25.9. The third kappa shape index (κ3) is 5.66. The fourth-order valence-corrected chi connectivity index (χ4v) is 6.31. The molecule has 208 valence electrons. The zero-order valence-corrected chi connectivity index (χ0v) is 22.8. The second kappa shape index (κ2) is 11.4. The number of imidazole rings is 1. The molecule has 3 fully saturated rings. The molecule has 0 bridgehead atoms. The van der Waals surface area contributed by atoms with Gasteiger partial charge in [-0.1, -0.05) is 12.8 Å². The summed E-state index contributed by atoms with van der Waals surface area (Å²) in [5.74, 6) is 2.26. The highest BCUT2D eigenvalue weighted by atomic mass is 16.5. The van der Waals surface area contributed by atoms with Crippen molar-refractivity contribution in [2.45, 2.75) is 88.4 Å². The van der Waals surface area contributed by atoms with Gasteiger partial charge in [0.2, 0.25) is 5.95 Å². The Hall–Kier alpha value is -3.40. The Balaban J connectivity index is 1.17. The maximum absolute atomic E-state index is 13.0. The number of carbonyl (C=O) groups excluding carboxylic acids is 1. The maximum Gasteiger partial charge on any atom is 0.253 e. The van der Waals surface area contributed by atoms with Crippen molar-refractivity contribution in [3.63, 3.8) is 0 Å². The molecule has 1 amide bonds. The Kier molecular flexibility index (Phi) is 7.54. The molecule has 0 spiro atoms. The van der Waals surface area contributed by atoms with Gasteiger partial charge in [0.15, 0.2) is 17.0 Å². The van der Waals surface area contributed by atoms with Crippen LogP contribution in [0.5, 0.6) is 5.75 Å². The number of aromatic nitrogens is 4. The standard InChI is InChI=1S/C29H40N8O2/c1-39-24-12-6-19(7-13-24)28(38)36-16-14-22(15-17-36)32-26-25-27(37(18-31-25)23-4-2-3-5-23)35-29(34-26)33-21-10-8-20(30)9-11-21/h6-7,12-13,18,20-23H,2-5,8-11,14-17,30H2,1H3,(H2,32,33,34,35)/t20-,21-. The normalized spacial score (nSPS) is 22.8. The molecule has 3 heterocycles. The summed E-state index contributed by atoms with van der Waals surface area (Å²) in [4.78, 5) is 29.7. The number of nitrogens with zero attached hydrogens (tertiary/aromatic N) is 5. The Bertz CT molecular complexity index is 1270. The van der Waals surface area contributed by atoms with E-state index in [1.54, 1.807) is 7.11 Å². The minimum absolute atomic E-state index is 0.0644. The number of likely N-dealkylation sites (tertiary alicyclic amines) is 1. The quantitative estimate of drug-likeness (QED) is 0.410. The Morgan fingerprint density at radius 1 is 0.923 bits per heavy atom. The van der Waals surface area contributed by atoms with Gasteiger partial charge in [0.05, 0.1) is 13.4 Å². The van der Waals surface area contributed by atoms with E-state index in [-0.39, 0.29) is 11.9 Å². The summed E-state index contributed by atoms with van der Waals surface area (Å²) >= 11 is 0. The Labute approximate surface area is 229 Å². The van der Waals surface area contributed by atoms with Crippen molar-refractivity contribution in [2.75, 3.05) is 30.8 Å². The lowest BCUT2D eigenvalue weighted by atomic mass is 9.92. The third-order valence-corrected chi connectivity index (χ3v) is 8.70. The van der Waals surface area contributed by atoms with Crippen molar-refractivity contribution < 1.29 is 9.53 Å². The fraction of sp³-hybridized carbons (Fsp3) is 0.586. The highest BCUT2D eigenvalue weighted by Gasteiger charge is 2.27. The van der Waals surface area contributed by atoms with Crippen molar-refractivity contribution >= 4 is 28.8 Å². The van der Waals surface area contributed by atoms with Crippen LogP contribution in [-0.4, -0.2) is 68.7 Å². The molecule has 1 aliphatic heterocycles. The molecule has 4 N–H and O–H groups in total. The molecule has 2 saturated carbocycles. The molecule has 10 heteroatoms. The van der Waals surface area contributed by atoms with E-state index in [4.69, 9.17) is 25.4 Å². The van der Waals surface area contributed by atoms with Gasteiger partial charge >= 0.3 is 0 Å². The molecule has 3 aromatic rings. The van der Waals surface area contributed by atoms with Gasteiger partial charge in [-0.15, -0.1) is 0 Å². The van der Waals surface area contributed by atoms with Crippen LogP contribution in [0.25, 0.3) is 11.2 Å². The van der Waals surface area contributed by atoms with E-state index < -0.39 is 0 Å². The molecule has 2 aromatic heterocycles. The summed E-state index contributed by atoms with van der Waals surface area (Å²) in [6.07, 6.45) is 12.6. The van der Waals surface area contributed by atoms with Crippen LogP contribution in [0.2, 0.25) is 0 Å². The molecular formula is C29H40N8O2. The van der Waals surface area contributed by atoms with Crippen LogP contribution in [0.15, 0.2) is 30.6 Å². The largest absolute Gasteiger partial charge is 0.497 e. The predicted molar refractivity (Wildman–Crippen MR) is 152 cm³/mol. The van der Waals surface area contributed by atoms with Gasteiger partial charge in [-0.05, 0) is 75.6 Å². The number of amides is 1. The number of hydrogen-bond donors (Lipinski definition) is 3. The van der Waals surface area contributed by atoms with Crippen molar-refractivity contribution in [1.29, 1.82) is 0 Å². The smallest absolute Gasteiger partial charge is 0.253 e. The van der Waals surface area contributed by atoms with E-state index in [0.29, 0.717) is 42.7 Å². The lowest BCUT2D eigenvalue weighted by Crippen LogP contribution is -2.42. The SMILES string of the molecule is COc1ccc(C(=O)N2CCC(Nc3nc(N[C@H]4CC[C@H](N)CC4)nc4c3ncn4C3CCCC3)CC2)cc1. The summed E-state index contributed by atoms with van der Waals surface area (Å²) in [6.45, 7) is 1.39. The van der Waals surface area contributed by atoms with Gasteiger partial charge in [-0.2, -0.15) is 9.97 Å². The lowest BCUT2D eigenvalue weighted by molar-refractivity contribution is 0.0718. The molecule has 10 nitrogen and oxygen atoms in total. The molecule has 0 unspecified atom stereocenters. The second-order valence-corrected chi connectivity index (χ2v) is 11.4. The van der Waals surface area contributed by atoms with Gasteiger partial charge in [-0.3, -0.25) is 4.79 Å². The van der Waals surface area contributed by atoms with Crippen LogP contribution in [0.3, 0.4) is 0 Å². The monoisotopic (exact) mass is 532 g/mol. The first-order valence-electron chi connectivity index (χ1n) is 14.5. The predicted octanol–water partition coefficient (Wildman–Crippen LogP) is 4.35. The number of anilines is 2. The topological polar surface area (TPSA) is 123 Å². The highest BCUT2D eigenvalue weighted by Crippen LogP contribution is 2.34. The van der Waals surface area contributed by atoms with Crippen LogP contribution >= 0.6 is 0 Å². The number of nitrogens with two attached hydrogens (primary N) is 1. The van der Waals surface area contributed by atoms with Gasteiger partial charge in [0.1, 0.15) is 5.75 Å². The minimum Gasteiger partial charge on any atom is -0.497 e. The van der Waals surface area contributed by atoms with E-state index in [1.807, 2.05) is 35.5 Å². The molecule has 2 aliphatic carbocycles. The summed E-state index contributed by atoms with van der Waals surface area (Å²) in [5.41, 5.74) is 8.56. The third-order valence-electron chi connectivity index (χ3n) is 8.70. The van der Waals surface area contributed by atoms with E-state index in [2.05, 4.69) is 15.2 Å². The molecule has 0 radical (unpaired) electrons. The summed E-state index contributed by atoms with van der Waals surface area (Å²) in [5, 5.41) is 7.29. The number of fused-ring (bicyclic) bond motifs is 1. The molecule has 1 aromatic carbocycles. The Morgan fingerprint density at radius 2 is 1.62 bits per heavy atom. The lowest BCUT2D eigenvalue weighted by Gasteiger charge is -2.33. The van der Waals surface area contributed by atoms with Crippen LogP contribution < -0.4 is 21.1 Å². The summed E-state index contributed by atoms with van der Waals surface area (Å²) in [7, 11) is 1.63. The van der Waals surface area contributed by atoms with E-state index in [0.717, 1.165) is 61.3 Å². The van der Waals surface area contributed by atoms with Gasteiger partial charge in [0, 0.05) is 42.8 Å². The molecule has 39 heavy (non-hydrogen) atoms. The number of carbonyl (C=O) groups is 1. The number of hydrogen-bond acceptors (Lipinski definition) is 8.